The first-order valence-electron chi connectivity index (χ1n) is 7.27. The molecule has 0 saturated heterocycles. The number of hydrogen-bond donors (Lipinski definition) is 1. The van der Waals surface area contributed by atoms with Gasteiger partial charge in [0.1, 0.15) is 0 Å². The Balaban J connectivity index is 1.70. The van der Waals surface area contributed by atoms with Gasteiger partial charge in [-0.2, -0.15) is 0 Å². The van der Waals surface area contributed by atoms with E-state index < -0.39 is 0 Å². The summed E-state index contributed by atoms with van der Waals surface area (Å²) in [4.78, 5) is 1.46. The lowest BCUT2D eigenvalue weighted by molar-refractivity contribution is 0.526. The summed E-state index contributed by atoms with van der Waals surface area (Å²) in [5.41, 5.74) is 3.18. The first-order chi connectivity index (χ1) is 8.79. The molecule has 0 aliphatic heterocycles. The Morgan fingerprint density at radius 1 is 1.28 bits per heavy atom. The smallest absolute Gasteiger partial charge is 0.00748 e. The van der Waals surface area contributed by atoms with Gasteiger partial charge in [0.25, 0.3) is 0 Å². The summed E-state index contributed by atoms with van der Waals surface area (Å²) in [7, 11) is 0. The largest absolute Gasteiger partial charge is 0.315 e. The highest BCUT2D eigenvalue weighted by atomic mass is 32.2. The average Bonchev–Trinajstić information content (AvgIpc) is 2.82. The molecular weight excluding hydrogens is 238 g/mol. The van der Waals surface area contributed by atoms with Crippen LogP contribution in [0.3, 0.4) is 0 Å². The van der Waals surface area contributed by atoms with Gasteiger partial charge in [-0.3, -0.25) is 0 Å². The van der Waals surface area contributed by atoms with E-state index in [0.717, 1.165) is 6.54 Å². The van der Waals surface area contributed by atoms with Crippen LogP contribution in [0.4, 0.5) is 0 Å². The SMILES string of the molecule is CCNC(C)CCCSc1ccc2c(c1)CCC2. The summed E-state index contributed by atoms with van der Waals surface area (Å²) < 4.78 is 0. The number of hydrogen-bond acceptors (Lipinski definition) is 2. The van der Waals surface area contributed by atoms with Crippen LogP contribution in [0, 0.1) is 0 Å². The first-order valence-corrected chi connectivity index (χ1v) is 8.26. The van der Waals surface area contributed by atoms with E-state index in [0.29, 0.717) is 6.04 Å². The van der Waals surface area contributed by atoms with Crippen molar-refractivity contribution in [1.82, 2.24) is 5.32 Å². The molecule has 0 amide bonds. The summed E-state index contributed by atoms with van der Waals surface area (Å²) in [6.07, 6.45) is 6.52. The number of fused-ring (bicyclic) bond motifs is 1. The van der Waals surface area contributed by atoms with Crippen molar-refractivity contribution >= 4 is 11.8 Å². The minimum Gasteiger partial charge on any atom is -0.315 e. The van der Waals surface area contributed by atoms with Crippen molar-refractivity contribution in [3.05, 3.63) is 29.3 Å². The predicted octanol–water partition coefficient (Wildman–Crippen LogP) is 4.05. The molecule has 1 aromatic carbocycles. The van der Waals surface area contributed by atoms with Gasteiger partial charge in [0.05, 0.1) is 0 Å². The van der Waals surface area contributed by atoms with Crippen LogP contribution in [-0.2, 0) is 12.8 Å². The molecule has 0 heterocycles. The molecule has 0 spiro atoms. The zero-order chi connectivity index (χ0) is 12.8. The highest BCUT2D eigenvalue weighted by Crippen LogP contribution is 2.28. The standard InChI is InChI=1S/C16H25NS/c1-3-17-13(2)6-5-11-18-16-10-9-14-7-4-8-15(14)12-16/h9-10,12-13,17H,3-8,11H2,1-2H3. The second-order valence-corrected chi connectivity index (χ2v) is 6.40. The molecule has 1 aliphatic rings. The number of nitrogens with one attached hydrogen (secondary N) is 1. The monoisotopic (exact) mass is 263 g/mol. The lowest BCUT2D eigenvalue weighted by Crippen LogP contribution is -2.25. The maximum Gasteiger partial charge on any atom is 0.00748 e. The molecule has 2 heteroatoms. The fourth-order valence-corrected chi connectivity index (χ4v) is 3.60. The fourth-order valence-electron chi connectivity index (χ4n) is 2.67. The second kappa shape index (κ2) is 7.20. The van der Waals surface area contributed by atoms with E-state index in [-0.39, 0.29) is 0 Å². The Bertz CT molecular complexity index is 375. The van der Waals surface area contributed by atoms with Crippen molar-refractivity contribution < 1.29 is 0 Å². The molecule has 2 rings (SSSR count). The molecule has 0 saturated carbocycles. The number of thioether (sulfide) groups is 1. The van der Waals surface area contributed by atoms with Gasteiger partial charge in [0, 0.05) is 10.9 Å². The van der Waals surface area contributed by atoms with Gasteiger partial charge in [0.15, 0.2) is 0 Å². The maximum absolute atomic E-state index is 3.47. The quantitative estimate of drug-likeness (QED) is 0.588. The number of aryl methyl sites for hydroxylation is 2. The lowest BCUT2D eigenvalue weighted by Gasteiger charge is -2.11. The molecule has 1 aromatic rings. The molecule has 1 aliphatic carbocycles. The summed E-state index contributed by atoms with van der Waals surface area (Å²) in [6.45, 7) is 5.54. The van der Waals surface area contributed by atoms with E-state index in [2.05, 4.69) is 37.4 Å². The van der Waals surface area contributed by atoms with E-state index in [1.807, 2.05) is 11.8 Å². The van der Waals surface area contributed by atoms with Crippen LogP contribution < -0.4 is 5.32 Å². The van der Waals surface area contributed by atoms with Crippen molar-refractivity contribution in [2.75, 3.05) is 12.3 Å². The molecule has 1 N–H and O–H groups in total. The van der Waals surface area contributed by atoms with Crippen molar-refractivity contribution in [2.45, 2.75) is 56.9 Å². The molecule has 0 radical (unpaired) electrons. The van der Waals surface area contributed by atoms with Gasteiger partial charge in [-0.1, -0.05) is 13.0 Å². The highest BCUT2D eigenvalue weighted by Gasteiger charge is 2.10. The molecule has 1 atom stereocenters. The summed E-state index contributed by atoms with van der Waals surface area (Å²) in [5.74, 6) is 1.24. The van der Waals surface area contributed by atoms with Gasteiger partial charge in [0.2, 0.25) is 0 Å². The molecule has 18 heavy (non-hydrogen) atoms. The van der Waals surface area contributed by atoms with Crippen LogP contribution in [0.1, 0.15) is 44.2 Å². The second-order valence-electron chi connectivity index (χ2n) is 5.23. The average molecular weight is 263 g/mol. The van der Waals surface area contributed by atoms with Gasteiger partial charge >= 0.3 is 0 Å². The zero-order valence-corrected chi connectivity index (χ0v) is 12.5. The van der Waals surface area contributed by atoms with Crippen LogP contribution in [0.5, 0.6) is 0 Å². The van der Waals surface area contributed by atoms with E-state index in [1.54, 1.807) is 11.1 Å². The van der Waals surface area contributed by atoms with E-state index in [1.165, 1.54) is 42.8 Å². The van der Waals surface area contributed by atoms with E-state index in [9.17, 15) is 0 Å². The number of rotatable bonds is 7. The lowest BCUT2D eigenvalue weighted by atomic mass is 10.1. The maximum atomic E-state index is 3.47. The van der Waals surface area contributed by atoms with Crippen molar-refractivity contribution in [3.8, 4) is 0 Å². The third-order valence-electron chi connectivity index (χ3n) is 3.67. The summed E-state index contributed by atoms with van der Waals surface area (Å²) in [5, 5.41) is 3.47. The normalized spacial score (nSPS) is 15.7. The van der Waals surface area contributed by atoms with Crippen molar-refractivity contribution in [3.63, 3.8) is 0 Å². The van der Waals surface area contributed by atoms with Crippen LogP contribution in [0.25, 0.3) is 0 Å². The van der Waals surface area contributed by atoms with Crippen LogP contribution in [0.2, 0.25) is 0 Å². The summed E-state index contributed by atoms with van der Waals surface area (Å²) in [6, 6.07) is 7.73. The van der Waals surface area contributed by atoms with Crippen molar-refractivity contribution in [2.24, 2.45) is 0 Å². The predicted molar refractivity (Wildman–Crippen MR) is 81.6 cm³/mol. The third-order valence-corrected chi connectivity index (χ3v) is 4.75. The molecule has 0 aromatic heterocycles. The Morgan fingerprint density at radius 3 is 2.94 bits per heavy atom. The van der Waals surface area contributed by atoms with Gasteiger partial charge < -0.3 is 5.32 Å². The Hall–Kier alpha value is -0.470. The van der Waals surface area contributed by atoms with E-state index >= 15 is 0 Å². The van der Waals surface area contributed by atoms with Crippen LogP contribution in [0.15, 0.2) is 23.1 Å². The van der Waals surface area contributed by atoms with Gasteiger partial charge in [-0.15, -0.1) is 11.8 Å². The van der Waals surface area contributed by atoms with Crippen LogP contribution >= 0.6 is 11.8 Å². The van der Waals surface area contributed by atoms with E-state index in [4.69, 9.17) is 0 Å². The van der Waals surface area contributed by atoms with Gasteiger partial charge in [-0.25, -0.2) is 0 Å². The Kier molecular flexibility index (Phi) is 5.58. The highest BCUT2D eigenvalue weighted by molar-refractivity contribution is 7.99. The molecule has 100 valence electrons. The molecule has 1 nitrogen and oxygen atoms in total. The molecule has 0 bridgehead atoms. The minimum absolute atomic E-state index is 0.663. The minimum atomic E-state index is 0.663. The Morgan fingerprint density at radius 2 is 2.11 bits per heavy atom. The molecule has 0 fully saturated rings. The number of benzene rings is 1. The topological polar surface area (TPSA) is 12.0 Å². The molecule has 1 unspecified atom stereocenters. The first kappa shape index (κ1) is 14.0. The van der Waals surface area contributed by atoms with Crippen molar-refractivity contribution in [1.29, 1.82) is 0 Å². The van der Waals surface area contributed by atoms with Crippen LogP contribution in [-0.4, -0.2) is 18.3 Å². The zero-order valence-electron chi connectivity index (χ0n) is 11.7. The Labute approximate surface area is 116 Å². The fraction of sp³-hybridized carbons (Fsp3) is 0.625. The molecular formula is C16H25NS. The van der Waals surface area contributed by atoms with Gasteiger partial charge in [-0.05, 0) is 74.6 Å². The summed E-state index contributed by atoms with van der Waals surface area (Å²) >= 11 is 2.02. The third kappa shape index (κ3) is 4.03.